The molecular formula is C20H22N6O3S2. The van der Waals surface area contributed by atoms with Crippen LogP contribution >= 0.6 is 11.8 Å². The van der Waals surface area contributed by atoms with Crippen molar-refractivity contribution in [3.8, 4) is 0 Å². The number of carbonyl (C=O) groups is 1. The number of rotatable bonds is 5. The Kier molecular flexibility index (Phi) is 5.82. The van der Waals surface area contributed by atoms with Gasteiger partial charge in [-0.1, -0.05) is 42.1 Å². The lowest BCUT2D eigenvalue weighted by atomic mass is 10.3. The number of fused-ring (bicyclic) bond motifs is 1. The summed E-state index contributed by atoms with van der Waals surface area (Å²) in [6.45, 7) is 2.58. The molecule has 1 aromatic heterocycles. The summed E-state index contributed by atoms with van der Waals surface area (Å²) in [6, 6.07) is 13.9. The van der Waals surface area contributed by atoms with Gasteiger partial charge in [0.25, 0.3) is 0 Å². The zero-order valence-corrected chi connectivity index (χ0v) is 19.0. The number of para-hydroxylation sites is 1. The van der Waals surface area contributed by atoms with Crippen molar-refractivity contribution in [1.82, 2.24) is 24.2 Å². The minimum atomic E-state index is -3.57. The minimum absolute atomic E-state index is 0.0435. The number of hydrogen-bond donors (Lipinski definition) is 0. The zero-order chi connectivity index (χ0) is 22.2. The lowest BCUT2D eigenvalue weighted by Crippen LogP contribution is -2.35. The maximum Gasteiger partial charge on any atom is 0.250 e. The summed E-state index contributed by atoms with van der Waals surface area (Å²) >= 11 is 1.48. The number of aromatic nitrogens is 3. The average Bonchev–Trinajstić information content (AvgIpc) is 3.31. The van der Waals surface area contributed by atoms with Crippen molar-refractivity contribution < 1.29 is 13.2 Å². The van der Waals surface area contributed by atoms with Gasteiger partial charge in [-0.15, -0.1) is 5.10 Å². The Morgan fingerprint density at radius 3 is 2.77 bits per heavy atom. The summed E-state index contributed by atoms with van der Waals surface area (Å²) in [5, 5.41) is 8.90. The van der Waals surface area contributed by atoms with Gasteiger partial charge in [-0.25, -0.2) is 22.4 Å². The van der Waals surface area contributed by atoms with E-state index < -0.39 is 10.0 Å². The van der Waals surface area contributed by atoms with Crippen molar-refractivity contribution >= 4 is 49.6 Å². The van der Waals surface area contributed by atoms with E-state index in [9.17, 15) is 13.2 Å². The summed E-state index contributed by atoms with van der Waals surface area (Å²) in [5.74, 6) is -0.150. The summed E-state index contributed by atoms with van der Waals surface area (Å²) < 4.78 is 27.6. The van der Waals surface area contributed by atoms with Crippen LogP contribution in [0.4, 0.5) is 5.69 Å². The second-order valence-electron chi connectivity index (χ2n) is 7.35. The minimum Gasteiger partial charge on any atom is -0.289 e. The molecule has 162 valence electrons. The number of carbonyl (C=O) groups excluding carboxylic acids is 1. The first-order chi connectivity index (χ1) is 14.8. The van der Waals surface area contributed by atoms with Gasteiger partial charge in [0, 0.05) is 25.9 Å². The van der Waals surface area contributed by atoms with E-state index in [0.29, 0.717) is 17.4 Å². The maximum atomic E-state index is 13.1. The third kappa shape index (κ3) is 4.34. The molecule has 9 nitrogen and oxygen atoms in total. The monoisotopic (exact) mass is 458 g/mol. The van der Waals surface area contributed by atoms with E-state index in [1.165, 1.54) is 38.0 Å². The van der Waals surface area contributed by atoms with Crippen LogP contribution in [-0.4, -0.2) is 69.6 Å². The van der Waals surface area contributed by atoms with Crippen LogP contribution in [0.25, 0.3) is 11.0 Å². The van der Waals surface area contributed by atoms with Gasteiger partial charge < -0.3 is 0 Å². The van der Waals surface area contributed by atoms with Crippen LogP contribution in [0.1, 0.15) is 6.92 Å². The highest BCUT2D eigenvalue weighted by Crippen LogP contribution is 2.29. The number of sulfonamides is 1. The fourth-order valence-corrected chi connectivity index (χ4v) is 5.18. The highest BCUT2D eigenvalue weighted by molar-refractivity contribution is 8.14. The number of amidine groups is 1. The Balaban J connectivity index is 1.61. The molecule has 31 heavy (non-hydrogen) atoms. The molecule has 0 saturated carbocycles. The van der Waals surface area contributed by atoms with Crippen LogP contribution in [0.5, 0.6) is 0 Å². The van der Waals surface area contributed by atoms with Crippen LogP contribution in [0.15, 0.2) is 58.4 Å². The van der Waals surface area contributed by atoms with Crippen molar-refractivity contribution in [3.05, 3.63) is 48.5 Å². The quantitative estimate of drug-likeness (QED) is 0.582. The molecule has 1 amide bonds. The first-order valence-corrected chi connectivity index (χ1v) is 11.9. The highest BCUT2D eigenvalue weighted by atomic mass is 32.2. The van der Waals surface area contributed by atoms with E-state index >= 15 is 0 Å². The Bertz CT molecular complexity index is 1270. The van der Waals surface area contributed by atoms with Crippen LogP contribution in [0, 0.1) is 0 Å². The highest BCUT2D eigenvalue weighted by Gasteiger charge is 2.31. The van der Waals surface area contributed by atoms with Gasteiger partial charge in [-0.2, -0.15) is 0 Å². The van der Waals surface area contributed by atoms with Gasteiger partial charge in [0.2, 0.25) is 15.9 Å². The van der Waals surface area contributed by atoms with Crippen molar-refractivity contribution in [3.63, 3.8) is 0 Å². The summed E-state index contributed by atoms with van der Waals surface area (Å²) in [7, 11) is -0.605. The standard InChI is InChI=1S/C20H22N6O3S2/c1-14-12-25(19(27)13-26-18-10-5-4-9-17(18)22-23-26)20(30-14)21-15-7-6-8-16(11-15)31(28,29)24(2)3/h4-11,14H,12-13H2,1-3H3. The van der Waals surface area contributed by atoms with E-state index in [0.717, 1.165) is 15.3 Å². The number of thioether (sulfide) groups is 1. The molecule has 11 heteroatoms. The number of amides is 1. The molecule has 1 fully saturated rings. The SMILES string of the molecule is CC1CN(C(=O)Cn2nnc3ccccc32)C(=Nc2cccc(S(=O)(=O)N(C)C)c2)S1. The number of hydrogen-bond acceptors (Lipinski definition) is 7. The molecule has 1 atom stereocenters. The summed E-state index contributed by atoms with van der Waals surface area (Å²) in [5.41, 5.74) is 1.99. The first-order valence-electron chi connectivity index (χ1n) is 9.62. The van der Waals surface area contributed by atoms with Gasteiger partial charge in [0.1, 0.15) is 12.1 Å². The van der Waals surface area contributed by atoms with Crippen molar-refractivity contribution in [2.75, 3.05) is 20.6 Å². The largest absolute Gasteiger partial charge is 0.289 e. The normalized spacial score (nSPS) is 18.4. The number of aliphatic imine (C=N–C) groups is 1. The van der Waals surface area contributed by atoms with Gasteiger partial charge in [0.15, 0.2) is 5.17 Å². The predicted molar refractivity (Wildman–Crippen MR) is 121 cm³/mol. The molecule has 1 saturated heterocycles. The van der Waals surface area contributed by atoms with Gasteiger partial charge in [-0.3, -0.25) is 9.69 Å². The fraction of sp³-hybridized carbons (Fsp3) is 0.300. The smallest absolute Gasteiger partial charge is 0.250 e. The Labute approximate surface area is 184 Å². The molecule has 0 bridgehead atoms. The van der Waals surface area contributed by atoms with Gasteiger partial charge in [-0.05, 0) is 30.3 Å². The molecule has 4 rings (SSSR count). The molecule has 3 aromatic rings. The Morgan fingerprint density at radius 2 is 2.00 bits per heavy atom. The molecule has 0 N–H and O–H groups in total. The topological polar surface area (TPSA) is 101 Å². The predicted octanol–water partition coefficient (Wildman–Crippen LogP) is 2.33. The summed E-state index contributed by atoms with van der Waals surface area (Å²) in [4.78, 5) is 19.4. The Hall–Kier alpha value is -2.76. The third-order valence-electron chi connectivity index (χ3n) is 4.80. The van der Waals surface area contributed by atoms with Crippen LogP contribution in [-0.2, 0) is 21.4 Å². The molecule has 0 spiro atoms. The van der Waals surface area contributed by atoms with E-state index in [1.54, 1.807) is 21.7 Å². The molecule has 2 aromatic carbocycles. The van der Waals surface area contributed by atoms with Crippen LogP contribution in [0.3, 0.4) is 0 Å². The maximum absolute atomic E-state index is 13.1. The van der Waals surface area contributed by atoms with Crippen LogP contribution < -0.4 is 0 Å². The zero-order valence-electron chi connectivity index (χ0n) is 17.3. The van der Waals surface area contributed by atoms with E-state index in [-0.39, 0.29) is 22.6 Å². The number of benzene rings is 2. The molecule has 1 aliphatic heterocycles. The molecule has 0 radical (unpaired) electrons. The lowest BCUT2D eigenvalue weighted by Gasteiger charge is -2.16. The molecule has 1 unspecified atom stereocenters. The second-order valence-corrected chi connectivity index (χ2v) is 10.9. The molecular weight excluding hydrogens is 436 g/mol. The van der Waals surface area contributed by atoms with Gasteiger partial charge >= 0.3 is 0 Å². The van der Waals surface area contributed by atoms with E-state index in [1.807, 2.05) is 31.2 Å². The third-order valence-corrected chi connectivity index (χ3v) is 7.69. The van der Waals surface area contributed by atoms with Crippen molar-refractivity contribution in [2.45, 2.75) is 23.6 Å². The summed E-state index contributed by atoms with van der Waals surface area (Å²) in [6.07, 6.45) is 0. The lowest BCUT2D eigenvalue weighted by molar-refractivity contribution is -0.127. The molecule has 0 aliphatic carbocycles. The Morgan fingerprint density at radius 1 is 1.23 bits per heavy atom. The van der Waals surface area contributed by atoms with E-state index in [2.05, 4.69) is 15.3 Å². The molecule has 1 aliphatic rings. The first kappa shape index (κ1) is 21.5. The fourth-order valence-electron chi connectivity index (χ4n) is 3.19. The van der Waals surface area contributed by atoms with Crippen molar-refractivity contribution in [2.24, 2.45) is 4.99 Å². The average molecular weight is 459 g/mol. The number of nitrogens with zero attached hydrogens (tertiary/aromatic N) is 6. The van der Waals surface area contributed by atoms with Crippen molar-refractivity contribution in [1.29, 1.82) is 0 Å². The molecule has 2 heterocycles. The van der Waals surface area contributed by atoms with E-state index in [4.69, 9.17) is 0 Å². The second kappa shape index (κ2) is 8.40. The van der Waals surface area contributed by atoms with Gasteiger partial charge in [0.05, 0.1) is 16.1 Å². The van der Waals surface area contributed by atoms with Crippen LogP contribution in [0.2, 0.25) is 0 Å².